The van der Waals surface area contributed by atoms with Gasteiger partial charge in [-0.25, -0.2) is 0 Å². The fraction of sp³-hybridized carbons (Fsp3) is 0.600. The van der Waals surface area contributed by atoms with Gasteiger partial charge in [-0.3, -0.25) is 0 Å². The Labute approximate surface area is 104 Å². The van der Waals surface area contributed by atoms with Gasteiger partial charge in [0.2, 0.25) is 0 Å². The quantitative estimate of drug-likeness (QED) is 0.818. The van der Waals surface area contributed by atoms with Crippen LogP contribution in [0.2, 0.25) is 0 Å². The molecule has 1 aliphatic rings. The van der Waals surface area contributed by atoms with Crippen LogP contribution in [0.15, 0.2) is 30.3 Å². The average molecular weight is 234 g/mol. The number of hydrogen-bond donors (Lipinski definition) is 1. The van der Waals surface area contributed by atoms with Gasteiger partial charge in [-0.1, -0.05) is 49.6 Å². The second-order valence-electron chi connectivity index (χ2n) is 5.02. The van der Waals surface area contributed by atoms with E-state index in [1.807, 2.05) is 37.3 Å². The molecule has 1 aromatic carbocycles. The molecule has 1 aromatic rings. The van der Waals surface area contributed by atoms with Crippen LogP contribution in [0.1, 0.15) is 44.3 Å². The lowest BCUT2D eigenvalue weighted by atomic mass is 9.83. The standard InChI is InChI=1S/C15H22O2/c1-12(17-11-10-13-6-5-7-13)15(16)14-8-3-2-4-9-14/h2-4,8-9,12-13,15-16H,5-7,10-11H2,1H3. The summed E-state index contributed by atoms with van der Waals surface area (Å²) >= 11 is 0. The zero-order valence-electron chi connectivity index (χ0n) is 10.5. The zero-order valence-corrected chi connectivity index (χ0v) is 10.5. The van der Waals surface area contributed by atoms with E-state index in [1.165, 1.54) is 19.3 Å². The SMILES string of the molecule is CC(OCCC1CCC1)C(O)c1ccccc1. The summed E-state index contributed by atoms with van der Waals surface area (Å²) in [5.74, 6) is 0.871. The van der Waals surface area contributed by atoms with Crippen LogP contribution < -0.4 is 0 Å². The molecule has 1 fully saturated rings. The van der Waals surface area contributed by atoms with Gasteiger partial charge in [-0.2, -0.15) is 0 Å². The molecule has 2 unspecified atom stereocenters. The second kappa shape index (κ2) is 6.18. The highest BCUT2D eigenvalue weighted by Crippen LogP contribution is 2.29. The molecule has 1 aliphatic carbocycles. The molecule has 0 radical (unpaired) electrons. The van der Waals surface area contributed by atoms with Crippen molar-refractivity contribution in [2.45, 2.75) is 44.8 Å². The predicted molar refractivity (Wildman–Crippen MR) is 68.8 cm³/mol. The third kappa shape index (κ3) is 3.55. The van der Waals surface area contributed by atoms with Crippen LogP contribution in [0.3, 0.4) is 0 Å². The van der Waals surface area contributed by atoms with E-state index in [1.54, 1.807) is 0 Å². The Morgan fingerprint density at radius 1 is 1.29 bits per heavy atom. The summed E-state index contributed by atoms with van der Waals surface area (Å²) in [5.41, 5.74) is 0.934. The first kappa shape index (κ1) is 12.6. The highest BCUT2D eigenvalue weighted by molar-refractivity contribution is 5.18. The van der Waals surface area contributed by atoms with Crippen molar-refractivity contribution in [1.82, 2.24) is 0 Å². The minimum Gasteiger partial charge on any atom is -0.386 e. The third-order valence-corrected chi connectivity index (χ3v) is 3.72. The largest absolute Gasteiger partial charge is 0.386 e. The van der Waals surface area contributed by atoms with Gasteiger partial charge in [0.1, 0.15) is 6.10 Å². The van der Waals surface area contributed by atoms with E-state index >= 15 is 0 Å². The van der Waals surface area contributed by atoms with Crippen LogP contribution in [-0.2, 0) is 4.74 Å². The fourth-order valence-electron chi connectivity index (χ4n) is 2.21. The molecule has 0 aliphatic heterocycles. The molecular formula is C15H22O2. The molecule has 2 rings (SSSR count). The first-order valence-electron chi connectivity index (χ1n) is 6.62. The molecule has 0 saturated heterocycles. The number of aliphatic hydroxyl groups excluding tert-OH is 1. The lowest BCUT2D eigenvalue weighted by molar-refractivity contribution is -0.0344. The van der Waals surface area contributed by atoms with E-state index in [9.17, 15) is 5.11 Å². The minimum atomic E-state index is -0.516. The summed E-state index contributed by atoms with van der Waals surface area (Å²) in [6.07, 6.45) is 4.60. The Morgan fingerprint density at radius 2 is 2.00 bits per heavy atom. The van der Waals surface area contributed by atoms with Crippen LogP contribution >= 0.6 is 0 Å². The Bertz CT molecular complexity index is 319. The topological polar surface area (TPSA) is 29.5 Å². The van der Waals surface area contributed by atoms with Gasteiger partial charge in [0, 0.05) is 6.61 Å². The van der Waals surface area contributed by atoms with E-state index < -0.39 is 6.10 Å². The van der Waals surface area contributed by atoms with E-state index in [4.69, 9.17) is 4.74 Å². The molecule has 94 valence electrons. The summed E-state index contributed by atoms with van der Waals surface area (Å²) in [6.45, 7) is 2.72. The van der Waals surface area contributed by atoms with Gasteiger partial charge in [-0.15, -0.1) is 0 Å². The first-order chi connectivity index (χ1) is 8.27. The lowest BCUT2D eigenvalue weighted by Crippen LogP contribution is -2.21. The Hall–Kier alpha value is -0.860. The summed E-state index contributed by atoms with van der Waals surface area (Å²) in [7, 11) is 0. The van der Waals surface area contributed by atoms with Crippen molar-refractivity contribution in [2.75, 3.05) is 6.61 Å². The maximum Gasteiger partial charge on any atom is 0.105 e. The molecule has 2 atom stereocenters. The molecule has 0 heterocycles. The number of ether oxygens (including phenoxy) is 1. The molecule has 2 heteroatoms. The maximum atomic E-state index is 10.1. The molecule has 1 saturated carbocycles. The minimum absolute atomic E-state index is 0.127. The fourth-order valence-corrected chi connectivity index (χ4v) is 2.21. The maximum absolute atomic E-state index is 10.1. The molecule has 0 bridgehead atoms. The Morgan fingerprint density at radius 3 is 2.59 bits per heavy atom. The average Bonchev–Trinajstić information content (AvgIpc) is 2.32. The van der Waals surface area contributed by atoms with Crippen LogP contribution in [0.4, 0.5) is 0 Å². The van der Waals surface area contributed by atoms with Gasteiger partial charge in [0.15, 0.2) is 0 Å². The van der Waals surface area contributed by atoms with E-state index in [0.29, 0.717) is 0 Å². The van der Waals surface area contributed by atoms with Crippen molar-refractivity contribution in [3.8, 4) is 0 Å². The summed E-state index contributed by atoms with van der Waals surface area (Å²) < 4.78 is 5.71. The molecule has 2 nitrogen and oxygen atoms in total. The highest BCUT2D eigenvalue weighted by atomic mass is 16.5. The first-order valence-corrected chi connectivity index (χ1v) is 6.62. The van der Waals surface area contributed by atoms with Gasteiger partial charge >= 0.3 is 0 Å². The Kier molecular flexibility index (Phi) is 4.57. The predicted octanol–water partition coefficient (Wildman–Crippen LogP) is 3.32. The van der Waals surface area contributed by atoms with E-state index in [-0.39, 0.29) is 6.10 Å². The van der Waals surface area contributed by atoms with Crippen LogP contribution in [0.5, 0.6) is 0 Å². The van der Waals surface area contributed by atoms with E-state index in [2.05, 4.69) is 0 Å². The van der Waals surface area contributed by atoms with Crippen molar-refractivity contribution in [1.29, 1.82) is 0 Å². The number of rotatable bonds is 6. The van der Waals surface area contributed by atoms with Gasteiger partial charge < -0.3 is 9.84 Å². The second-order valence-corrected chi connectivity index (χ2v) is 5.02. The van der Waals surface area contributed by atoms with Crippen molar-refractivity contribution in [2.24, 2.45) is 5.92 Å². The third-order valence-electron chi connectivity index (χ3n) is 3.72. The van der Waals surface area contributed by atoms with E-state index in [0.717, 1.165) is 24.5 Å². The smallest absolute Gasteiger partial charge is 0.105 e. The van der Waals surface area contributed by atoms with Gasteiger partial charge in [0.25, 0.3) is 0 Å². The van der Waals surface area contributed by atoms with Gasteiger partial charge in [0.05, 0.1) is 6.10 Å². The van der Waals surface area contributed by atoms with Crippen LogP contribution in [0.25, 0.3) is 0 Å². The normalized spacial score (nSPS) is 19.6. The monoisotopic (exact) mass is 234 g/mol. The van der Waals surface area contributed by atoms with Crippen molar-refractivity contribution >= 4 is 0 Å². The summed E-state index contributed by atoms with van der Waals surface area (Å²) in [4.78, 5) is 0. The zero-order chi connectivity index (χ0) is 12.1. The van der Waals surface area contributed by atoms with Crippen molar-refractivity contribution in [3.63, 3.8) is 0 Å². The molecule has 0 spiro atoms. The lowest BCUT2D eigenvalue weighted by Gasteiger charge is -2.26. The molecule has 0 amide bonds. The molecular weight excluding hydrogens is 212 g/mol. The van der Waals surface area contributed by atoms with Crippen LogP contribution in [-0.4, -0.2) is 17.8 Å². The number of benzene rings is 1. The summed E-state index contributed by atoms with van der Waals surface area (Å²) in [5, 5.41) is 10.1. The van der Waals surface area contributed by atoms with Crippen LogP contribution in [0, 0.1) is 5.92 Å². The van der Waals surface area contributed by atoms with Crippen molar-refractivity contribution < 1.29 is 9.84 Å². The number of aliphatic hydroxyl groups is 1. The molecule has 1 N–H and O–H groups in total. The van der Waals surface area contributed by atoms with Crippen molar-refractivity contribution in [3.05, 3.63) is 35.9 Å². The molecule has 17 heavy (non-hydrogen) atoms. The summed E-state index contributed by atoms with van der Waals surface area (Å²) in [6, 6.07) is 9.73. The molecule has 0 aromatic heterocycles. The Balaban J connectivity index is 1.72. The number of hydrogen-bond acceptors (Lipinski definition) is 2. The highest BCUT2D eigenvalue weighted by Gasteiger charge is 2.19. The van der Waals surface area contributed by atoms with Gasteiger partial charge in [-0.05, 0) is 24.8 Å².